The summed E-state index contributed by atoms with van der Waals surface area (Å²) in [6.07, 6.45) is 3.16. The van der Waals surface area contributed by atoms with Crippen LogP contribution in [0.2, 0.25) is 0 Å². The van der Waals surface area contributed by atoms with Crippen molar-refractivity contribution in [1.82, 2.24) is 25.3 Å². The Morgan fingerprint density at radius 1 is 1.16 bits per heavy atom. The van der Waals surface area contributed by atoms with Gasteiger partial charge in [0.25, 0.3) is 11.8 Å². The molecule has 0 fully saturated rings. The second-order valence-corrected chi connectivity index (χ2v) is 7.00. The number of carbonyl (C=O) groups excluding carboxylic acids is 2. The predicted octanol–water partition coefficient (Wildman–Crippen LogP) is 3.38. The molecule has 0 bridgehead atoms. The average molecular weight is 418 g/mol. The van der Waals surface area contributed by atoms with Crippen molar-refractivity contribution in [2.75, 3.05) is 5.32 Å². The SMILES string of the molecule is CCn1cc(NC(=O)c2cc(-c3ccc(C)cc3)n[nH]2)c(C(=O)NCc2ccco2)n1. The van der Waals surface area contributed by atoms with Crippen LogP contribution in [0.25, 0.3) is 11.3 Å². The number of nitrogens with one attached hydrogen (secondary N) is 3. The van der Waals surface area contributed by atoms with Gasteiger partial charge in [0, 0.05) is 18.3 Å². The van der Waals surface area contributed by atoms with Crippen molar-refractivity contribution in [2.24, 2.45) is 0 Å². The number of nitrogens with zero attached hydrogens (tertiary/aromatic N) is 3. The minimum absolute atomic E-state index is 0.125. The summed E-state index contributed by atoms with van der Waals surface area (Å²) < 4.78 is 6.81. The Labute approximate surface area is 178 Å². The van der Waals surface area contributed by atoms with Crippen molar-refractivity contribution in [1.29, 1.82) is 0 Å². The van der Waals surface area contributed by atoms with Crippen molar-refractivity contribution in [3.63, 3.8) is 0 Å². The fourth-order valence-corrected chi connectivity index (χ4v) is 3.01. The number of aromatic nitrogens is 4. The van der Waals surface area contributed by atoms with Crippen LogP contribution in [0.3, 0.4) is 0 Å². The van der Waals surface area contributed by atoms with Gasteiger partial charge in [-0.25, -0.2) is 0 Å². The van der Waals surface area contributed by atoms with E-state index < -0.39 is 11.8 Å². The molecular formula is C22H22N6O3. The topological polar surface area (TPSA) is 118 Å². The Hall–Kier alpha value is -4.14. The van der Waals surface area contributed by atoms with Gasteiger partial charge < -0.3 is 15.1 Å². The molecule has 2 amide bonds. The molecule has 0 unspecified atom stereocenters. The van der Waals surface area contributed by atoms with Gasteiger partial charge in [-0.2, -0.15) is 10.2 Å². The lowest BCUT2D eigenvalue weighted by Gasteiger charge is -2.04. The molecule has 3 aromatic heterocycles. The number of H-pyrrole nitrogens is 1. The quantitative estimate of drug-likeness (QED) is 0.425. The molecule has 0 radical (unpaired) electrons. The highest BCUT2D eigenvalue weighted by atomic mass is 16.3. The van der Waals surface area contributed by atoms with E-state index in [0.717, 1.165) is 11.1 Å². The Bertz CT molecular complexity index is 1190. The van der Waals surface area contributed by atoms with E-state index in [1.807, 2.05) is 38.1 Å². The first-order chi connectivity index (χ1) is 15.0. The van der Waals surface area contributed by atoms with Gasteiger partial charge >= 0.3 is 0 Å². The Kier molecular flexibility index (Phi) is 5.65. The van der Waals surface area contributed by atoms with Gasteiger partial charge in [0.15, 0.2) is 5.69 Å². The number of amides is 2. The highest BCUT2D eigenvalue weighted by Gasteiger charge is 2.20. The van der Waals surface area contributed by atoms with E-state index in [1.54, 1.807) is 29.1 Å². The zero-order valence-corrected chi connectivity index (χ0v) is 17.2. The Morgan fingerprint density at radius 2 is 1.97 bits per heavy atom. The summed E-state index contributed by atoms with van der Waals surface area (Å²) in [5.41, 5.74) is 3.42. The van der Waals surface area contributed by atoms with Gasteiger partial charge in [-0.15, -0.1) is 0 Å². The van der Waals surface area contributed by atoms with Gasteiger partial charge in [0.2, 0.25) is 0 Å². The van der Waals surface area contributed by atoms with E-state index >= 15 is 0 Å². The van der Waals surface area contributed by atoms with Crippen LogP contribution in [-0.4, -0.2) is 31.8 Å². The molecule has 9 nitrogen and oxygen atoms in total. The maximum atomic E-state index is 12.8. The molecule has 1 aromatic carbocycles. The number of benzene rings is 1. The number of anilines is 1. The number of rotatable bonds is 7. The molecule has 0 aliphatic heterocycles. The second kappa shape index (κ2) is 8.70. The monoisotopic (exact) mass is 418 g/mol. The van der Waals surface area contributed by atoms with E-state index in [4.69, 9.17) is 4.42 Å². The van der Waals surface area contributed by atoms with Crippen LogP contribution in [0.4, 0.5) is 5.69 Å². The largest absolute Gasteiger partial charge is 0.467 e. The molecule has 4 aromatic rings. The molecule has 0 saturated carbocycles. The number of hydrogen-bond donors (Lipinski definition) is 3. The maximum Gasteiger partial charge on any atom is 0.274 e. The second-order valence-electron chi connectivity index (χ2n) is 7.00. The van der Waals surface area contributed by atoms with Crippen LogP contribution in [0.15, 0.2) is 59.3 Å². The maximum absolute atomic E-state index is 12.8. The number of aromatic amines is 1. The van der Waals surface area contributed by atoms with Gasteiger partial charge in [-0.1, -0.05) is 29.8 Å². The van der Waals surface area contributed by atoms with E-state index in [0.29, 0.717) is 23.7 Å². The Morgan fingerprint density at radius 3 is 2.68 bits per heavy atom. The molecule has 3 heterocycles. The summed E-state index contributed by atoms with van der Waals surface area (Å²) in [7, 11) is 0. The van der Waals surface area contributed by atoms with Gasteiger partial charge in [-0.3, -0.25) is 19.4 Å². The third-order valence-electron chi connectivity index (χ3n) is 4.72. The predicted molar refractivity (Wildman–Crippen MR) is 114 cm³/mol. The standard InChI is InChI=1S/C22H22N6O3/c1-3-28-13-19(20(27-28)22(30)23-12-16-5-4-10-31-16)24-21(29)18-11-17(25-26-18)15-8-6-14(2)7-9-15/h4-11,13H,3,12H2,1-2H3,(H,23,30)(H,24,29)(H,25,26). The zero-order valence-electron chi connectivity index (χ0n) is 17.2. The van der Waals surface area contributed by atoms with Crippen LogP contribution in [0.5, 0.6) is 0 Å². The van der Waals surface area contributed by atoms with E-state index in [2.05, 4.69) is 25.9 Å². The van der Waals surface area contributed by atoms with Crippen LogP contribution in [-0.2, 0) is 13.1 Å². The minimum Gasteiger partial charge on any atom is -0.467 e. The van der Waals surface area contributed by atoms with Crippen molar-refractivity contribution < 1.29 is 14.0 Å². The lowest BCUT2D eigenvalue weighted by atomic mass is 10.1. The van der Waals surface area contributed by atoms with Crippen LogP contribution >= 0.6 is 0 Å². The van der Waals surface area contributed by atoms with Crippen molar-refractivity contribution in [2.45, 2.75) is 26.9 Å². The molecule has 0 spiro atoms. The van der Waals surface area contributed by atoms with Crippen molar-refractivity contribution >= 4 is 17.5 Å². The number of carbonyl (C=O) groups is 2. The first-order valence-corrected chi connectivity index (χ1v) is 9.85. The molecule has 4 rings (SSSR count). The first kappa shape index (κ1) is 20.1. The molecule has 31 heavy (non-hydrogen) atoms. The van der Waals surface area contributed by atoms with Gasteiger partial charge in [0.05, 0.1) is 24.2 Å². The molecule has 9 heteroatoms. The molecular weight excluding hydrogens is 396 g/mol. The average Bonchev–Trinajstić information content (AvgIpc) is 3.53. The summed E-state index contributed by atoms with van der Waals surface area (Å²) in [6, 6.07) is 13.0. The molecule has 158 valence electrons. The van der Waals surface area contributed by atoms with Crippen molar-refractivity contribution in [3.05, 3.63) is 77.6 Å². The summed E-state index contributed by atoms with van der Waals surface area (Å²) in [6.45, 7) is 4.67. The smallest absolute Gasteiger partial charge is 0.274 e. The molecule has 3 N–H and O–H groups in total. The fraction of sp³-hybridized carbons (Fsp3) is 0.182. The van der Waals surface area contributed by atoms with E-state index in [-0.39, 0.29) is 17.9 Å². The third kappa shape index (κ3) is 4.55. The summed E-state index contributed by atoms with van der Waals surface area (Å²) in [5.74, 6) is -0.208. The fourth-order valence-electron chi connectivity index (χ4n) is 3.01. The lowest BCUT2D eigenvalue weighted by Crippen LogP contribution is -2.25. The van der Waals surface area contributed by atoms with Gasteiger partial charge in [0.1, 0.15) is 11.5 Å². The summed E-state index contributed by atoms with van der Waals surface area (Å²) in [5, 5.41) is 16.7. The molecule has 0 saturated heterocycles. The van der Waals surface area contributed by atoms with Crippen molar-refractivity contribution in [3.8, 4) is 11.3 Å². The van der Waals surface area contributed by atoms with Gasteiger partial charge in [-0.05, 0) is 32.0 Å². The highest BCUT2D eigenvalue weighted by molar-refractivity contribution is 6.07. The first-order valence-electron chi connectivity index (χ1n) is 9.85. The molecule has 0 aliphatic carbocycles. The lowest BCUT2D eigenvalue weighted by molar-refractivity contribution is 0.0943. The summed E-state index contributed by atoms with van der Waals surface area (Å²) >= 11 is 0. The number of aryl methyl sites for hydroxylation is 2. The normalized spacial score (nSPS) is 10.8. The van der Waals surface area contributed by atoms with E-state index in [1.165, 1.54) is 6.26 Å². The molecule has 0 atom stereocenters. The minimum atomic E-state index is -0.415. The highest BCUT2D eigenvalue weighted by Crippen LogP contribution is 2.20. The number of hydrogen-bond acceptors (Lipinski definition) is 5. The number of furan rings is 1. The zero-order chi connectivity index (χ0) is 21.8. The van der Waals surface area contributed by atoms with E-state index in [9.17, 15) is 9.59 Å². The van der Waals surface area contributed by atoms with Crippen LogP contribution in [0.1, 0.15) is 39.2 Å². The van der Waals surface area contributed by atoms with Crippen LogP contribution in [0, 0.1) is 6.92 Å². The van der Waals surface area contributed by atoms with Crippen LogP contribution < -0.4 is 10.6 Å². The third-order valence-corrected chi connectivity index (χ3v) is 4.72. The summed E-state index contributed by atoms with van der Waals surface area (Å²) in [4.78, 5) is 25.4. The Balaban J connectivity index is 1.49. The molecule has 0 aliphatic rings.